The zero-order valence-corrected chi connectivity index (χ0v) is 8.50. The molecule has 0 rings (SSSR count). The van der Waals surface area contributed by atoms with Crippen LogP contribution in [0.3, 0.4) is 0 Å². The molecule has 0 unspecified atom stereocenters. The zero-order valence-electron chi connectivity index (χ0n) is 8.50. The highest BCUT2D eigenvalue weighted by Gasteiger charge is 2.31. The highest BCUT2D eigenvalue weighted by Crippen LogP contribution is 2.14. The molecule has 2 N–H and O–H groups in total. The summed E-state index contributed by atoms with van der Waals surface area (Å²) in [6, 6.07) is 0. The Morgan fingerprint density at radius 3 is 1.62 bits per heavy atom. The molecule has 0 heterocycles. The van der Waals surface area contributed by atoms with Crippen molar-refractivity contribution in [3.63, 3.8) is 0 Å². The van der Waals surface area contributed by atoms with E-state index >= 15 is 0 Å². The lowest BCUT2D eigenvalue weighted by Crippen LogP contribution is -2.47. The van der Waals surface area contributed by atoms with Crippen molar-refractivity contribution in [1.29, 1.82) is 0 Å². The Kier molecular flexibility index (Phi) is 7.12. The summed E-state index contributed by atoms with van der Waals surface area (Å²) in [4.78, 5) is 0. The first-order chi connectivity index (χ1) is 6.24. The van der Waals surface area contributed by atoms with Gasteiger partial charge in [-0.25, -0.2) is 0 Å². The summed E-state index contributed by atoms with van der Waals surface area (Å²) < 4.78 is 15.9. The molecule has 0 saturated heterocycles. The monoisotopic (exact) mass is 193 g/mol. The second-order valence-corrected chi connectivity index (χ2v) is 2.32. The zero-order chi connectivity index (χ0) is 10.2. The Bertz CT molecular complexity index is 91.2. The van der Waals surface area contributed by atoms with E-state index in [1.165, 1.54) is 0 Å². The van der Waals surface area contributed by atoms with E-state index in [1.54, 1.807) is 0 Å². The third kappa shape index (κ3) is 4.54. The van der Waals surface area contributed by atoms with Gasteiger partial charge in [-0.15, -0.1) is 0 Å². The van der Waals surface area contributed by atoms with Gasteiger partial charge in [0.1, 0.15) is 6.54 Å². The Hall–Kier alpha value is -0.200. The number of rotatable bonds is 8. The molecule has 0 aliphatic rings. The smallest absolute Gasteiger partial charge is 0.298 e. The van der Waals surface area contributed by atoms with Gasteiger partial charge in [-0.2, -0.15) is 5.48 Å². The van der Waals surface area contributed by atoms with E-state index in [0.29, 0.717) is 19.8 Å². The van der Waals surface area contributed by atoms with Gasteiger partial charge in [0.2, 0.25) is 0 Å². The van der Waals surface area contributed by atoms with Crippen molar-refractivity contribution in [2.75, 3.05) is 26.4 Å². The fourth-order valence-electron chi connectivity index (χ4n) is 1.03. The lowest BCUT2D eigenvalue weighted by atomic mass is 10.5. The standard InChI is InChI=1S/C8H19NO4/c1-4-11-8(7-9-10,12-5-2)13-6-3/h9-10H,4-7H2,1-3H3. The van der Waals surface area contributed by atoms with Crippen LogP contribution in [0.4, 0.5) is 0 Å². The lowest BCUT2D eigenvalue weighted by molar-refractivity contribution is -0.377. The van der Waals surface area contributed by atoms with Crippen LogP contribution in [0, 0.1) is 0 Å². The second kappa shape index (κ2) is 7.23. The maximum absolute atomic E-state index is 8.59. The molecular formula is C8H19NO4. The average molecular weight is 193 g/mol. The third-order valence-corrected chi connectivity index (χ3v) is 1.39. The molecule has 0 saturated carbocycles. The van der Waals surface area contributed by atoms with E-state index in [0.717, 1.165) is 0 Å². The summed E-state index contributed by atoms with van der Waals surface area (Å²) in [5, 5.41) is 8.59. The predicted molar refractivity (Wildman–Crippen MR) is 47.4 cm³/mol. The van der Waals surface area contributed by atoms with Crippen LogP contribution < -0.4 is 5.48 Å². The van der Waals surface area contributed by atoms with Crippen molar-refractivity contribution in [2.24, 2.45) is 0 Å². The first kappa shape index (κ1) is 12.8. The van der Waals surface area contributed by atoms with Crippen molar-refractivity contribution in [3.8, 4) is 0 Å². The normalized spacial score (nSPS) is 12.0. The average Bonchev–Trinajstić information content (AvgIpc) is 2.06. The van der Waals surface area contributed by atoms with Gasteiger partial charge in [-0.3, -0.25) is 0 Å². The summed E-state index contributed by atoms with van der Waals surface area (Å²) >= 11 is 0. The van der Waals surface area contributed by atoms with E-state index in [2.05, 4.69) is 0 Å². The molecular weight excluding hydrogens is 174 g/mol. The molecule has 0 aliphatic heterocycles. The molecule has 0 aromatic rings. The van der Waals surface area contributed by atoms with Crippen LogP contribution in [-0.4, -0.2) is 37.5 Å². The van der Waals surface area contributed by atoms with Gasteiger partial charge in [0, 0.05) is 19.8 Å². The van der Waals surface area contributed by atoms with E-state index < -0.39 is 5.97 Å². The second-order valence-electron chi connectivity index (χ2n) is 2.32. The summed E-state index contributed by atoms with van der Waals surface area (Å²) in [6.45, 7) is 6.98. The minimum Gasteiger partial charge on any atom is -0.327 e. The van der Waals surface area contributed by atoms with Crippen LogP contribution in [0.5, 0.6) is 0 Å². The van der Waals surface area contributed by atoms with Gasteiger partial charge in [0.25, 0.3) is 5.97 Å². The molecule has 0 bridgehead atoms. The van der Waals surface area contributed by atoms with Crippen LogP contribution in [0.25, 0.3) is 0 Å². The van der Waals surface area contributed by atoms with Crippen molar-refractivity contribution in [1.82, 2.24) is 5.48 Å². The number of hydroxylamine groups is 1. The van der Waals surface area contributed by atoms with E-state index in [1.807, 2.05) is 26.3 Å². The molecule has 0 aromatic carbocycles. The third-order valence-electron chi connectivity index (χ3n) is 1.39. The molecule has 0 amide bonds. The van der Waals surface area contributed by atoms with Gasteiger partial charge in [0.05, 0.1) is 0 Å². The molecule has 5 heteroatoms. The lowest BCUT2D eigenvalue weighted by Gasteiger charge is -2.31. The maximum Gasteiger partial charge on any atom is 0.298 e. The minimum atomic E-state index is -1.16. The van der Waals surface area contributed by atoms with Gasteiger partial charge in [0.15, 0.2) is 0 Å². The van der Waals surface area contributed by atoms with E-state index in [-0.39, 0.29) is 6.54 Å². The predicted octanol–water partition coefficient (Wildman–Crippen LogP) is 0.728. The molecule has 0 aliphatic carbocycles. The molecule has 0 spiro atoms. The first-order valence-corrected chi connectivity index (χ1v) is 4.53. The highest BCUT2D eigenvalue weighted by atomic mass is 16.9. The Labute approximate surface area is 78.9 Å². The first-order valence-electron chi connectivity index (χ1n) is 4.53. The van der Waals surface area contributed by atoms with Gasteiger partial charge in [-0.1, -0.05) is 0 Å². The SMILES string of the molecule is CCOC(CNO)(OCC)OCC. The molecule has 0 aromatic heterocycles. The van der Waals surface area contributed by atoms with Crippen LogP contribution in [0.2, 0.25) is 0 Å². The van der Waals surface area contributed by atoms with Crippen LogP contribution in [-0.2, 0) is 14.2 Å². The summed E-state index contributed by atoms with van der Waals surface area (Å²) in [6.07, 6.45) is 0. The van der Waals surface area contributed by atoms with Crippen molar-refractivity contribution < 1.29 is 19.4 Å². The molecule has 13 heavy (non-hydrogen) atoms. The van der Waals surface area contributed by atoms with Crippen LogP contribution in [0.15, 0.2) is 0 Å². The quantitative estimate of drug-likeness (QED) is 0.439. The highest BCUT2D eigenvalue weighted by molar-refractivity contribution is 4.58. The number of hydrogen-bond donors (Lipinski definition) is 2. The number of hydrogen-bond acceptors (Lipinski definition) is 5. The Balaban J connectivity index is 4.19. The van der Waals surface area contributed by atoms with Gasteiger partial charge < -0.3 is 19.4 Å². The number of nitrogens with one attached hydrogen (secondary N) is 1. The molecule has 0 atom stereocenters. The topological polar surface area (TPSA) is 60.0 Å². The van der Waals surface area contributed by atoms with Crippen LogP contribution >= 0.6 is 0 Å². The van der Waals surface area contributed by atoms with E-state index in [4.69, 9.17) is 19.4 Å². The van der Waals surface area contributed by atoms with Gasteiger partial charge >= 0.3 is 0 Å². The Morgan fingerprint density at radius 1 is 1.00 bits per heavy atom. The van der Waals surface area contributed by atoms with Crippen molar-refractivity contribution in [3.05, 3.63) is 0 Å². The number of ether oxygens (including phenoxy) is 3. The van der Waals surface area contributed by atoms with Gasteiger partial charge in [-0.05, 0) is 20.8 Å². The molecule has 0 fully saturated rings. The molecule has 0 radical (unpaired) electrons. The minimum absolute atomic E-state index is 0.0858. The largest absolute Gasteiger partial charge is 0.327 e. The summed E-state index contributed by atoms with van der Waals surface area (Å²) in [5.74, 6) is -1.16. The Morgan fingerprint density at radius 2 is 1.38 bits per heavy atom. The van der Waals surface area contributed by atoms with Crippen molar-refractivity contribution in [2.45, 2.75) is 26.7 Å². The van der Waals surface area contributed by atoms with Crippen molar-refractivity contribution >= 4 is 0 Å². The fourth-order valence-corrected chi connectivity index (χ4v) is 1.03. The molecule has 5 nitrogen and oxygen atoms in total. The summed E-state index contributed by atoms with van der Waals surface area (Å²) in [7, 11) is 0. The summed E-state index contributed by atoms with van der Waals surface area (Å²) in [5.41, 5.74) is 1.99. The van der Waals surface area contributed by atoms with Crippen LogP contribution in [0.1, 0.15) is 20.8 Å². The molecule has 80 valence electrons. The fraction of sp³-hybridized carbons (Fsp3) is 1.00. The van der Waals surface area contributed by atoms with E-state index in [9.17, 15) is 0 Å². The maximum atomic E-state index is 8.59.